The molecule has 4 heteroatoms. The molecule has 0 aliphatic carbocycles. The van der Waals surface area contributed by atoms with Crippen molar-refractivity contribution in [3.8, 4) is 0 Å². The van der Waals surface area contributed by atoms with Crippen molar-refractivity contribution in [2.24, 2.45) is 0 Å². The van der Waals surface area contributed by atoms with Gasteiger partial charge in [0.15, 0.2) is 0 Å². The number of amides is 1. The van der Waals surface area contributed by atoms with Crippen LogP contribution in [0.2, 0.25) is 0 Å². The second-order valence-electron chi connectivity index (χ2n) is 6.87. The molecule has 0 saturated heterocycles. The van der Waals surface area contributed by atoms with Crippen LogP contribution in [0.15, 0.2) is 60.7 Å². The number of nitrogens with one attached hydrogen (secondary N) is 1. The number of ether oxygens (including phenoxy) is 1. The summed E-state index contributed by atoms with van der Waals surface area (Å²) < 4.78 is 5.31. The van der Waals surface area contributed by atoms with Crippen LogP contribution in [0.5, 0.6) is 0 Å². The molecule has 24 heavy (non-hydrogen) atoms. The fourth-order valence-electron chi connectivity index (χ4n) is 2.64. The second kappa shape index (κ2) is 7.05. The van der Waals surface area contributed by atoms with Crippen molar-refractivity contribution in [1.82, 2.24) is 5.32 Å². The van der Waals surface area contributed by atoms with Gasteiger partial charge in [0.05, 0.1) is 6.04 Å². The van der Waals surface area contributed by atoms with E-state index in [-0.39, 0.29) is 0 Å². The molecule has 0 aromatic heterocycles. The zero-order valence-corrected chi connectivity index (χ0v) is 14.6. The van der Waals surface area contributed by atoms with Gasteiger partial charge in [-0.15, -0.1) is 0 Å². The van der Waals surface area contributed by atoms with Gasteiger partial charge in [0.2, 0.25) is 0 Å². The molecule has 2 rings (SSSR count). The first-order valence-electron chi connectivity index (χ1n) is 8.06. The van der Waals surface area contributed by atoms with E-state index in [4.69, 9.17) is 4.74 Å². The maximum atomic E-state index is 12.1. The molecule has 0 saturated carbocycles. The lowest BCUT2D eigenvalue weighted by Gasteiger charge is -2.36. The monoisotopic (exact) mass is 327 g/mol. The molecule has 0 aliphatic rings. The van der Waals surface area contributed by atoms with Crippen LogP contribution in [0.4, 0.5) is 4.79 Å². The van der Waals surface area contributed by atoms with Gasteiger partial charge in [0, 0.05) is 0 Å². The minimum Gasteiger partial charge on any atom is -0.444 e. The van der Waals surface area contributed by atoms with Crippen molar-refractivity contribution in [2.75, 3.05) is 0 Å². The number of rotatable bonds is 4. The SMILES string of the molecule is C[C@H](NC(=O)OC(C)(C)C)C(O)(c1ccccc1)c1ccccc1. The average molecular weight is 327 g/mol. The van der Waals surface area contributed by atoms with Crippen molar-refractivity contribution in [1.29, 1.82) is 0 Å². The first-order valence-corrected chi connectivity index (χ1v) is 8.06. The van der Waals surface area contributed by atoms with E-state index in [1.807, 2.05) is 60.7 Å². The largest absolute Gasteiger partial charge is 0.444 e. The second-order valence-corrected chi connectivity index (χ2v) is 6.87. The van der Waals surface area contributed by atoms with Crippen LogP contribution < -0.4 is 5.32 Å². The van der Waals surface area contributed by atoms with Crippen LogP contribution in [-0.4, -0.2) is 22.8 Å². The molecule has 0 spiro atoms. The molecular formula is C20H25NO3. The van der Waals surface area contributed by atoms with Gasteiger partial charge in [-0.2, -0.15) is 0 Å². The Morgan fingerprint density at radius 1 is 0.958 bits per heavy atom. The van der Waals surface area contributed by atoms with E-state index in [0.29, 0.717) is 11.1 Å². The summed E-state index contributed by atoms with van der Waals surface area (Å²) in [6.07, 6.45) is -0.555. The van der Waals surface area contributed by atoms with E-state index in [0.717, 1.165) is 0 Å². The molecule has 0 radical (unpaired) electrons. The van der Waals surface area contributed by atoms with Crippen LogP contribution in [-0.2, 0) is 10.3 Å². The molecule has 0 heterocycles. The molecule has 0 aliphatic heterocycles. The molecule has 1 atom stereocenters. The summed E-state index contributed by atoms with van der Waals surface area (Å²) >= 11 is 0. The van der Waals surface area contributed by atoms with Crippen LogP contribution in [0, 0.1) is 0 Å². The maximum absolute atomic E-state index is 12.1. The number of aliphatic hydroxyl groups is 1. The normalized spacial score (nSPS) is 13.2. The Kier molecular flexibility index (Phi) is 5.30. The lowest BCUT2D eigenvalue weighted by atomic mass is 9.81. The molecule has 4 nitrogen and oxygen atoms in total. The zero-order chi connectivity index (χ0) is 17.8. The molecule has 1 amide bonds. The predicted molar refractivity (Wildman–Crippen MR) is 94.7 cm³/mol. The number of hydrogen-bond donors (Lipinski definition) is 2. The highest BCUT2D eigenvalue weighted by atomic mass is 16.6. The minimum atomic E-state index is -1.36. The third-order valence-corrected chi connectivity index (χ3v) is 3.79. The van der Waals surface area contributed by atoms with E-state index in [2.05, 4.69) is 5.32 Å². The summed E-state index contributed by atoms with van der Waals surface area (Å²) in [4.78, 5) is 12.1. The number of benzene rings is 2. The first kappa shape index (κ1) is 18.0. The summed E-state index contributed by atoms with van der Waals surface area (Å²) in [5.74, 6) is 0. The quantitative estimate of drug-likeness (QED) is 0.897. The smallest absolute Gasteiger partial charge is 0.407 e. The highest BCUT2D eigenvalue weighted by Gasteiger charge is 2.39. The van der Waals surface area contributed by atoms with Gasteiger partial charge in [-0.25, -0.2) is 4.79 Å². The highest BCUT2D eigenvalue weighted by molar-refractivity contribution is 5.68. The van der Waals surface area contributed by atoms with Crippen molar-refractivity contribution >= 4 is 6.09 Å². The average Bonchev–Trinajstić information content (AvgIpc) is 2.53. The summed E-state index contributed by atoms with van der Waals surface area (Å²) in [5, 5.41) is 14.3. The number of carbonyl (C=O) groups is 1. The summed E-state index contributed by atoms with van der Waals surface area (Å²) in [7, 11) is 0. The van der Waals surface area contributed by atoms with Gasteiger partial charge in [0.1, 0.15) is 11.2 Å². The van der Waals surface area contributed by atoms with E-state index < -0.39 is 23.3 Å². The Morgan fingerprint density at radius 3 is 1.75 bits per heavy atom. The third-order valence-electron chi connectivity index (χ3n) is 3.79. The van der Waals surface area contributed by atoms with E-state index in [1.165, 1.54) is 0 Å². The van der Waals surface area contributed by atoms with Gasteiger partial charge in [0.25, 0.3) is 0 Å². The summed E-state index contributed by atoms with van der Waals surface area (Å²) in [6, 6.07) is 18.0. The molecule has 2 aromatic carbocycles. The molecule has 2 N–H and O–H groups in total. The van der Waals surface area contributed by atoms with Crippen molar-refractivity contribution < 1.29 is 14.6 Å². The standard InChI is InChI=1S/C20H25NO3/c1-15(21-18(22)24-19(2,3)4)20(23,16-11-7-5-8-12-16)17-13-9-6-10-14-17/h5-15,23H,1-4H3,(H,21,22)/t15-/m0/s1. The van der Waals surface area contributed by atoms with Crippen LogP contribution in [0.1, 0.15) is 38.8 Å². The van der Waals surface area contributed by atoms with Gasteiger partial charge in [-0.1, -0.05) is 60.7 Å². The Morgan fingerprint density at radius 2 is 1.38 bits per heavy atom. The number of carbonyl (C=O) groups excluding carboxylic acids is 1. The maximum Gasteiger partial charge on any atom is 0.407 e. The van der Waals surface area contributed by atoms with Crippen LogP contribution in [0.3, 0.4) is 0 Å². The molecule has 0 unspecified atom stereocenters. The predicted octanol–water partition coefficient (Wildman–Crippen LogP) is 3.84. The van der Waals surface area contributed by atoms with Gasteiger partial charge >= 0.3 is 6.09 Å². The van der Waals surface area contributed by atoms with Gasteiger partial charge in [-0.05, 0) is 38.8 Å². The van der Waals surface area contributed by atoms with Crippen LogP contribution in [0.25, 0.3) is 0 Å². The third kappa shape index (κ3) is 4.15. The summed E-state index contributed by atoms with van der Waals surface area (Å²) in [5.41, 5.74) is -0.541. The topological polar surface area (TPSA) is 58.6 Å². The lowest BCUT2D eigenvalue weighted by molar-refractivity contribution is 0.0210. The first-order chi connectivity index (χ1) is 11.2. The van der Waals surface area contributed by atoms with E-state index >= 15 is 0 Å². The molecule has 128 valence electrons. The van der Waals surface area contributed by atoms with Crippen molar-refractivity contribution in [3.05, 3.63) is 71.8 Å². The fraction of sp³-hybridized carbons (Fsp3) is 0.350. The molecule has 2 aromatic rings. The number of hydrogen-bond acceptors (Lipinski definition) is 3. The van der Waals surface area contributed by atoms with E-state index in [1.54, 1.807) is 27.7 Å². The van der Waals surface area contributed by atoms with Gasteiger partial charge in [-0.3, -0.25) is 0 Å². The van der Waals surface area contributed by atoms with Crippen molar-refractivity contribution in [2.45, 2.75) is 44.9 Å². The molecule has 0 fully saturated rings. The Hall–Kier alpha value is -2.33. The Balaban J connectivity index is 2.35. The Bertz CT molecular complexity index is 623. The Labute approximate surface area is 143 Å². The highest BCUT2D eigenvalue weighted by Crippen LogP contribution is 2.33. The number of alkyl carbamates (subject to hydrolysis) is 1. The van der Waals surface area contributed by atoms with Gasteiger partial charge < -0.3 is 15.2 Å². The summed E-state index contributed by atoms with van der Waals surface area (Å²) in [6.45, 7) is 7.18. The zero-order valence-electron chi connectivity index (χ0n) is 14.6. The lowest BCUT2D eigenvalue weighted by Crippen LogP contribution is -2.50. The molecule has 0 bridgehead atoms. The van der Waals surface area contributed by atoms with Crippen LogP contribution >= 0.6 is 0 Å². The minimum absolute atomic E-state index is 0.555. The molecular weight excluding hydrogens is 302 g/mol. The van der Waals surface area contributed by atoms with Crippen molar-refractivity contribution in [3.63, 3.8) is 0 Å². The van der Waals surface area contributed by atoms with E-state index in [9.17, 15) is 9.90 Å². The fourth-order valence-corrected chi connectivity index (χ4v) is 2.64.